The molecule has 0 atom stereocenters. The number of amides is 1. The van der Waals surface area contributed by atoms with E-state index in [0.717, 1.165) is 33.4 Å². The van der Waals surface area contributed by atoms with Gasteiger partial charge in [-0.1, -0.05) is 24.3 Å². The Hall–Kier alpha value is -3.45. The third-order valence-corrected chi connectivity index (χ3v) is 5.67. The Morgan fingerprint density at radius 1 is 1.00 bits per heavy atom. The molecule has 4 rings (SSSR count). The first-order chi connectivity index (χ1) is 15.6. The molecule has 0 aromatic heterocycles. The zero-order valence-electron chi connectivity index (χ0n) is 17.5. The largest absolute Gasteiger partial charge is 0.494 e. The number of benzene rings is 3. The maximum absolute atomic E-state index is 13.4. The van der Waals surface area contributed by atoms with E-state index in [0.29, 0.717) is 18.7 Å². The lowest BCUT2D eigenvalue weighted by Gasteiger charge is -2.09. The van der Waals surface area contributed by atoms with Crippen LogP contribution in [0.25, 0.3) is 0 Å². The van der Waals surface area contributed by atoms with Gasteiger partial charge >= 0.3 is 0 Å². The summed E-state index contributed by atoms with van der Waals surface area (Å²) in [6, 6.07) is 21.1. The Kier molecular flexibility index (Phi) is 6.97. The van der Waals surface area contributed by atoms with Crippen LogP contribution in [0.5, 0.6) is 5.75 Å². The minimum Gasteiger partial charge on any atom is -0.494 e. The molecule has 0 radical (unpaired) electrons. The average molecular weight is 448 g/mol. The van der Waals surface area contributed by atoms with Gasteiger partial charge in [0, 0.05) is 12.1 Å². The quantitative estimate of drug-likeness (QED) is 0.493. The number of ether oxygens (including phenoxy) is 1. The van der Waals surface area contributed by atoms with Crippen LogP contribution in [0, 0.1) is 5.82 Å². The van der Waals surface area contributed by atoms with Gasteiger partial charge in [0.2, 0.25) is 5.91 Å². The van der Waals surface area contributed by atoms with Gasteiger partial charge in [-0.15, -0.1) is 11.8 Å². The monoisotopic (exact) mass is 447 g/mol. The number of nitrogens with one attached hydrogen (secondary N) is 1. The molecule has 1 aliphatic rings. The number of aliphatic imine (C=N–C) groups is 2. The SMILES string of the molecule is CCOc1ccc(NC(=O)CSC2=Nc3ccccc3N=C(c3ccc(F)cc3)C2)cc1. The molecule has 5 nitrogen and oxygen atoms in total. The van der Waals surface area contributed by atoms with E-state index in [1.165, 1.54) is 23.9 Å². The van der Waals surface area contributed by atoms with Crippen LogP contribution in [-0.2, 0) is 4.79 Å². The van der Waals surface area contributed by atoms with Gasteiger partial charge in [0.1, 0.15) is 11.6 Å². The summed E-state index contributed by atoms with van der Waals surface area (Å²) < 4.78 is 18.8. The fourth-order valence-corrected chi connectivity index (χ4v) is 3.97. The van der Waals surface area contributed by atoms with Gasteiger partial charge in [0.25, 0.3) is 0 Å². The fraction of sp³-hybridized carbons (Fsp3) is 0.160. The first-order valence-corrected chi connectivity index (χ1v) is 11.2. The van der Waals surface area contributed by atoms with Gasteiger partial charge in [-0.25, -0.2) is 9.38 Å². The predicted molar refractivity (Wildman–Crippen MR) is 129 cm³/mol. The van der Waals surface area contributed by atoms with Crippen LogP contribution < -0.4 is 10.1 Å². The molecule has 1 amide bonds. The summed E-state index contributed by atoms with van der Waals surface area (Å²) in [6.07, 6.45) is 0.460. The minimum atomic E-state index is -0.294. The minimum absolute atomic E-state index is 0.125. The second-order valence-corrected chi connectivity index (χ2v) is 8.08. The standard InChI is InChI=1S/C25H22FN3O2S/c1-2-31-20-13-11-19(12-14-20)27-24(30)16-32-25-15-23(17-7-9-18(26)10-8-17)28-21-5-3-4-6-22(21)29-25/h3-14H,2,15-16H2,1H3,(H,27,30). The molecule has 162 valence electrons. The smallest absolute Gasteiger partial charge is 0.234 e. The van der Waals surface area contributed by atoms with Crippen molar-refractivity contribution in [2.24, 2.45) is 9.98 Å². The highest BCUT2D eigenvalue weighted by Gasteiger charge is 2.17. The number of carbonyl (C=O) groups excluding carboxylic acids is 1. The fourth-order valence-electron chi connectivity index (χ4n) is 3.19. The van der Waals surface area contributed by atoms with Crippen LogP contribution in [0.2, 0.25) is 0 Å². The zero-order chi connectivity index (χ0) is 22.3. The molecule has 1 heterocycles. The van der Waals surface area contributed by atoms with E-state index in [1.54, 1.807) is 12.1 Å². The first-order valence-electron chi connectivity index (χ1n) is 10.3. The summed E-state index contributed by atoms with van der Waals surface area (Å²) in [5.41, 5.74) is 3.82. The lowest BCUT2D eigenvalue weighted by atomic mass is 10.1. The highest BCUT2D eigenvalue weighted by Crippen LogP contribution is 2.33. The third kappa shape index (κ3) is 5.62. The van der Waals surface area contributed by atoms with Gasteiger partial charge in [-0.2, -0.15) is 0 Å². The van der Waals surface area contributed by atoms with E-state index >= 15 is 0 Å². The third-order valence-electron chi connectivity index (χ3n) is 4.70. The molecular weight excluding hydrogens is 425 g/mol. The lowest BCUT2D eigenvalue weighted by molar-refractivity contribution is -0.113. The van der Waals surface area contributed by atoms with Crippen LogP contribution in [0.1, 0.15) is 18.9 Å². The Balaban J connectivity index is 1.46. The number of nitrogens with zero attached hydrogens (tertiary/aromatic N) is 2. The Bertz CT molecular complexity index is 1160. The molecule has 1 aliphatic heterocycles. The summed E-state index contributed by atoms with van der Waals surface area (Å²) in [5, 5.41) is 3.67. The zero-order valence-corrected chi connectivity index (χ0v) is 18.4. The van der Waals surface area contributed by atoms with Crippen molar-refractivity contribution >= 4 is 45.5 Å². The number of anilines is 1. The molecular formula is C25H22FN3O2S. The molecule has 0 bridgehead atoms. The van der Waals surface area contributed by atoms with Crippen LogP contribution in [-0.4, -0.2) is 29.0 Å². The molecule has 32 heavy (non-hydrogen) atoms. The first kappa shape index (κ1) is 21.8. The van der Waals surface area contributed by atoms with E-state index in [2.05, 4.69) is 5.32 Å². The van der Waals surface area contributed by atoms with E-state index < -0.39 is 0 Å². The molecule has 0 saturated heterocycles. The van der Waals surface area contributed by atoms with Gasteiger partial charge in [-0.3, -0.25) is 9.79 Å². The molecule has 0 spiro atoms. The number of hydrogen-bond donors (Lipinski definition) is 1. The lowest BCUT2D eigenvalue weighted by Crippen LogP contribution is -2.16. The average Bonchev–Trinajstić information content (AvgIpc) is 2.99. The molecule has 3 aromatic rings. The number of hydrogen-bond acceptors (Lipinski definition) is 5. The maximum Gasteiger partial charge on any atom is 0.234 e. The van der Waals surface area contributed by atoms with Crippen molar-refractivity contribution in [3.8, 4) is 5.75 Å². The summed E-state index contributed by atoms with van der Waals surface area (Å²) in [6.45, 7) is 2.52. The highest BCUT2D eigenvalue weighted by atomic mass is 32.2. The van der Waals surface area contributed by atoms with Gasteiger partial charge in [0.05, 0.1) is 34.5 Å². The summed E-state index contributed by atoms with van der Waals surface area (Å²) >= 11 is 1.37. The second-order valence-electron chi connectivity index (χ2n) is 7.03. The van der Waals surface area contributed by atoms with Crippen molar-refractivity contribution < 1.29 is 13.9 Å². The van der Waals surface area contributed by atoms with Crippen LogP contribution in [0.15, 0.2) is 82.8 Å². The topological polar surface area (TPSA) is 63.0 Å². The molecule has 0 aliphatic carbocycles. The Labute approximate surface area is 190 Å². The molecule has 7 heteroatoms. The van der Waals surface area contributed by atoms with Gasteiger partial charge in [-0.05, 0) is 61.0 Å². The number of rotatable bonds is 6. The molecule has 3 aromatic carbocycles. The second kappa shape index (κ2) is 10.2. The number of fused-ring (bicyclic) bond motifs is 1. The van der Waals surface area contributed by atoms with E-state index in [4.69, 9.17) is 14.7 Å². The van der Waals surface area contributed by atoms with Crippen molar-refractivity contribution in [3.05, 3.63) is 84.2 Å². The highest BCUT2D eigenvalue weighted by molar-refractivity contribution is 8.14. The predicted octanol–water partition coefficient (Wildman–Crippen LogP) is 6.15. The van der Waals surface area contributed by atoms with E-state index in [9.17, 15) is 9.18 Å². The molecule has 0 fully saturated rings. The Morgan fingerprint density at radius 2 is 1.69 bits per heavy atom. The normalized spacial score (nSPS) is 12.8. The van der Waals surface area contributed by atoms with Crippen LogP contribution in [0.4, 0.5) is 21.5 Å². The number of thioether (sulfide) groups is 1. The van der Waals surface area contributed by atoms with Crippen molar-refractivity contribution in [1.29, 1.82) is 0 Å². The molecule has 0 unspecified atom stereocenters. The molecule has 1 N–H and O–H groups in total. The number of halogens is 1. The van der Waals surface area contributed by atoms with E-state index in [1.807, 2.05) is 55.5 Å². The van der Waals surface area contributed by atoms with Gasteiger partial charge < -0.3 is 10.1 Å². The Morgan fingerprint density at radius 3 is 2.38 bits per heavy atom. The summed E-state index contributed by atoms with van der Waals surface area (Å²) in [7, 11) is 0. The van der Waals surface area contributed by atoms with Crippen molar-refractivity contribution in [1.82, 2.24) is 0 Å². The number of carbonyl (C=O) groups is 1. The molecule has 0 saturated carbocycles. The van der Waals surface area contributed by atoms with Gasteiger partial charge in [0.15, 0.2) is 0 Å². The summed E-state index contributed by atoms with van der Waals surface area (Å²) in [4.78, 5) is 22.0. The van der Waals surface area contributed by atoms with Crippen LogP contribution in [0.3, 0.4) is 0 Å². The maximum atomic E-state index is 13.4. The van der Waals surface area contributed by atoms with E-state index in [-0.39, 0.29) is 17.5 Å². The van der Waals surface area contributed by atoms with Crippen molar-refractivity contribution in [2.45, 2.75) is 13.3 Å². The summed E-state index contributed by atoms with van der Waals surface area (Å²) in [5.74, 6) is 0.557. The van der Waals surface area contributed by atoms with Crippen molar-refractivity contribution in [2.75, 3.05) is 17.7 Å². The number of para-hydroxylation sites is 2. The van der Waals surface area contributed by atoms with Crippen LogP contribution >= 0.6 is 11.8 Å². The van der Waals surface area contributed by atoms with Crippen molar-refractivity contribution in [3.63, 3.8) is 0 Å².